The Labute approximate surface area is 156 Å². The van der Waals surface area contributed by atoms with Gasteiger partial charge in [0.05, 0.1) is 24.3 Å². The molecule has 0 saturated carbocycles. The van der Waals surface area contributed by atoms with Gasteiger partial charge in [-0.3, -0.25) is 10.1 Å². The standard InChI is InChI=1S/C20H20N2O3S/c1-4-25-17-12-15(10-11-16(17)24-3)19(23)22-20-21-13(2)18(26-20)14-8-6-5-7-9-14/h5-12H,4H2,1-3H3,(H,21,22,23). The van der Waals surface area contributed by atoms with Crippen molar-refractivity contribution in [2.24, 2.45) is 0 Å². The molecule has 3 aromatic rings. The molecule has 134 valence electrons. The summed E-state index contributed by atoms with van der Waals surface area (Å²) >= 11 is 1.46. The molecule has 1 aromatic heterocycles. The van der Waals surface area contributed by atoms with Crippen molar-refractivity contribution in [2.75, 3.05) is 19.0 Å². The molecule has 0 aliphatic carbocycles. The largest absolute Gasteiger partial charge is 0.493 e. The van der Waals surface area contributed by atoms with E-state index in [2.05, 4.69) is 10.3 Å². The lowest BCUT2D eigenvalue weighted by atomic mass is 10.2. The number of anilines is 1. The Morgan fingerprint density at radius 2 is 1.92 bits per heavy atom. The van der Waals surface area contributed by atoms with Crippen molar-refractivity contribution in [1.29, 1.82) is 0 Å². The summed E-state index contributed by atoms with van der Waals surface area (Å²) < 4.78 is 10.8. The second kappa shape index (κ2) is 8.01. The summed E-state index contributed by atoms with van der Waals surface area (Å²) in [5, 5.41) is 3.44. The van der Waals surface area contributed by atoms with Gasteiger partial charge in [-0.2, -0.15) is 0 Å². The van der Waals surface area contributed by atoms with Gasteiger partial charge in [-0.15, -0.1) is 0 Å². The lowest BCUT2D eigenvalue weighted by Gasteiger charge is -2.10. The van der Waals surface area contributed by atoms with Gasteiger partial charge >= 0.3 is 0 Å². The first kappa shape index (κ1) is 17.9. The maximum absolute atomic E-state index is 12.6. The Morgan fingerprint density at radius 3 is 2.62 bits per heavy atom. The number of hydrogen-bond acceptors (Lipinski definition) is 5. The first-order valence-electron chi connectivity index (χ1n) is 8.27. The summed E-state index contributed by atoms with van der Waals surface area (Å²) in [4.78, 5) is 18.1. The van der Waals surface area contributed by atoms with Crippen LogP contribution in [0.15, 0.2) is 48.5 Å². The van der Waals surface area contributed by atoms with Gasteiger partial charge < -0.3 is 9.47 Å². The molecule has 2 aromatic carbocycles. The summed E-state index contributed by atoms with van der Waals surface area (Å²) in [6, 6.07) is 15.1. The minimum atomic E-state index is -0.234. The summed E-state index contributed by atoms with van der Waals surface area (Å²) in [5.41, 5.74) is 2.47. The van der Waals surface area contributed by atoms with Crippen molar-refractivity contribution in [3.63, 3.8) is 0 Å². The smallest absolute Gasteiger partial charge is 0.257 e. The van der Waals surface area contributed by atoms with E-state index in [1.807, 2.05) is 44.2 Å². The molecule has 0 spiro atoms. The Bertz CT molecular complexity index is 907. The molecule has 1 N–H and O–H groups in total. The van der Waals surface area contributed by atoms with Gasteiger partial charge in [0.25, 0.3) is 5.91 Å². The van der Waals surface area contributed by atoms with Gasteiger partial charge in [-0.25, -0.2) is 4.98 Å². The topological polar surface area (TPSA) is 60.5 Å². The zero-order valence-corrected chi connectivity index (χ0v) is 15.7. The highest BCUT2D eigenvalue weighted by Crippen LogP contribution is 2.33. The van der Waals surface area contributed by atoms with Crippen molar-refractivity contribution in [1.82, 2.24) is 4.98 Å². The third kappa shape index (κ3) is 3.86. The van der Waals surface area contributed by atoms with Crippen LogP contribution < -0.4 is 14.8 Å². The Morgan fingerprint density at radius 1 is 1.15 bits per heavy atom. The van der Waals surface area contributed by atoms with Crippen LogP contribution in [0, 0.1) is 6.92 Å². The Hall–Kier alpha value is -2.86. The van der Waals surface area contributed by atoms with E-state index in [1.54, 1.807) is 25.3 Å². The molecule has 0 unspecified atom stereocenters. The number of carbonyl (C=O) groups excluding carboxylic acids is 1. The predicted octanol–water partition coefficient (Wildman–Crippen LogP) is 4.78. The number of amides is 1. The van der Waals surface area contributed by atoms with E-state index in [0.717, 1.165) is 16.1 Å². The Kier molecular flexibility index (Phi) is 5.53. The van der Waals surface area contributed by atoms with Crippen LogP contribution in [-0.4, -0.2) is 24.6 Å². The second-order valence-corrected chi connectivity index (χ2v) is 6.55. The van der Waals surface area contributed by atoms with E-state index < -0.39 is 0 Å². The van der Waals surface area contributed by atoms with Crippen molar-refractivity contribution in [3.8, 4) is 21.9 Å². The van der Waals surface area contributed by atoms with E-state index in [4.69, 9.17) is 9.47 Å². The molecular formula is C20H20N2O3S. The zero-order valence-electron chi connectivity index (χ0n) is 14.9. The van der Waals surface area contributed by atoms with Gasteiger partial charge in [0.15, 0.2) is 16.6 Å². The van der Waals surface area contributed by atoms with Crippen molar-refractivity contribution in [3.05, 3.63) is 59.8 Å². The van der Waals surface area contributed by atoms with E-state index in [9.17, 15) is 4.79 Å². The fourth-order valence-electron chi connectivity index (χ4n) is 2.56. The molecule has 1 amide bonds. The molecule has 1 heterocycles. The summed E-state index contributed by atoms with van der Waals surface area (Å²) in [5.74, 6) is 0.907. The normalized spacial score (nSPS) is 10.4. The number of nitrogens with one attached hydrogen (secondary N) is 1. The van der Waals surface area contributed by atoms with Gasteiger partial charge in [0, 0.05) is 5.56 Å². The minimum absolute atomic E-state index is 0.234. The number of thiazole rings is 1. The number of nitrogens with zero attached hydrogens (tertiary/aromatic N) is 1. The molecule has 26 heavy (non-hydrogen) atoms. The molecule has 3 rings (SSSR count). The van der Waals surface area contributed by atoms with E-state index in [0.29, 0.717) is 28.8 Å². The number of benzene rings is 2. The monoisotopic (exact) mass is 368 g/mol. The highest BCUT2D eigenvalue weighted by atomic mass is 32.1. The average molecular weight is 368 g/mol. The van der Waals surface area contributed by atoms with Crippen LogP contribution >= 0.6 is 11.3 Å². The lowest BCUT2D eigenvalue weighted by molar-refractivity contribution is 0.102. The van der Waals surface area contributed by atoms with Crippen LogP contribution in [-0.2, 0) is 0 Å². The molecule has 0 atom stereocenters. The highest BCUT2D eigenvalue weighted by Gasteiger charge is 2.15. The number of methoxy groups -OCH3 is 1. The molecule has 0 saturated heterocycles. The summed E-state index contributed by atoms with van der Waals surface area (Å²) in [6.45, 7) is 4.32. The first-order valence-corrected chi connectivity index (χ1v) is 9.09. The lowest BCUT2D eigenvalue weighted by Crippen LogP contribution is -2.12. The van der Waals surface area contributed by atoms with Gasteiger partial charge in [-0.1, -0.05) is 41.7 Å². The first-order chi connectivity index (χ1) is 12.6. The highest BCUT2D eigenvalue weighted by molar-refractivity contribution is 7.19. The van der Waals surface area contributed by atoms with E-state index in [1.165, 1.54) is 11.3 Å². The number of aromatic nitrogens is 1. The number of aryl methyl sites for hydroxylation is 1. The fraction of sp³-hybridized carbons (Fsp3) is 0.200. The van der Waals surface area contributed by atoms with Crippen LogP contribution in [0.2, 0.25) is 0 Å². The summed E-state index contributed by atoms with van der Waals surface area (Å²) in [6.07, 6.45) is 0. The molecule has 0 aliphatic heterocycles. The maximum Gasteiger partial charge on any atom is 0.257 e. The van der Waals surface area contributed by atoms with Gasteiger partial charge in [-0.05, 0) is 37.6 Å². The minimum Gasteiger partial charge on any atom is -0.493 e. The molecular weight excluding hydrogens is 348 g/mol. The maximum atomic E-state index is 12.6. The van der Waals surface area contributed by atoms with Crippen LogP contribution in [0.25, 0.3) is 10.4 Å². The van der Waals surface area contributed by atoms with Gasteiger partial charge in [0.1, 0.15) is 0 Å². The second-order valence-electron chi connectivity index (χ2n) is 5.55. The van der Waals surface area contributed by atoms with Crippen molar-refractivity contribution >= 4 is 22.4 Å². The zero-order chi connectivity index (χ0) is 18.5. The van der Waals surface area contributed by atoms with E-state index >= 15 is 0 Å². The van der Waals surface area contributed by atoms with Crippen LogP contribution in [0.1, 0.15) is 23.0 Å². The van der Waals surface area contributed by atoms with Crippen LogP contribution in [0.3, 0.4) is 0 Å². The number of ether oxygens (including phenoxy) is 2. The molecule has 5 nitrogen and oxygen atoms in total. The van der Waals surface area contributed by atoms with E-state index in [-0.39, 0.29) is 5.91 Å². The van der Waals surface area contributed by atoms with Crippen molar-refractivity contribution in [2.45, 2.75) is 13.8 Å². The SMILES string of the molecule is CCOc1cc(C(=O)Nc2nc(C)c(-c3ccccc3)s2)ccc1OC. The average Bonchev–Trinajstić information content (AvgIpc) is 3.02. The van der Waals surface area contributed by atoms with Gasteiger partial charge in [0.2, 0.25) is 0 Å². The third-order valence-electron chi connectivity index (χ3n) is 3.78. The number of rotatable bonds is 6. The Balaban J connectivity index is 1.81. The third-order valence-corrected chi connectivity index (χ3v) is 4.90. The van der Waals surface area contributed by atoms with Crippen LogP contribution in [0.4, 0.5) is 5.13 Å². The molecule has 0 bridgehead atoms. The predicted molar refractivity (Wildman–Crippen MR) is 104 cm³/mol. The molecule has 0 radical (unpaired) electrons. The number of carbonyl (C=O) groups is 1. The van der Waals surface area contributed by atoms with Crippen LogP contribution in [0.5, 0.6) is 11.5 Å². The van der Waals surface area contributed by atoms with Crippen molar-refractivity contribution < 1.29 is 14.3 Å². The number of hydrogen-bond donors (Lipinski definition) is 1. The molecule has 0 fully saturated rings. The molecule has 0 aliphatic rings. The quantitative estimate of drug-likeness (QED) is 0.680. The molecule has 6 heteroatoms. The summed E-state index contributed by atoms with van der Waals surface area (Å²) in [7, 11) is 1.57. The fourth-order valence-corrected chi connectivity index (χ4v) is 3.53.